The number of aliphatic hydroxyl groups is 1. The quantitative estimate of drug-likeness (QED) is 0.469. The number of ether oxygens (including phenoxy) is 2. The van der Waals surface area contributed by atoms with Crippen molar-refractivity contribution in [1.29, 1.82) is 0 Å². The average molecular weight is 419 g/mol. The first-order valence-corrected chi connectivity index (χ1v) is 11.6. The number of amides is 1. The van der Waals surface area contributed by atoms with E-state index in [1.807, 2.05) is 18.2 Å². The molecule has 0 saturated carbocycles. The molecule has 168 valence electrons. The number of hydrogen-bond donors (Lipinski definition) is 2. The van der Waals surface area contributed by atoms with Crippen LogP contribution in [-0.4, -0.2) is 47.9 Å². The average Bonchev–Trinajstić information content (AvgIpc) is 3.20. The lowest BCUT2D eigenvalue weighted by Gasteiger charge is -2.22. The predicted octanol–water partition coefficient (Wildman–Crippen LogP) is 3.95. The van der Waals surface area contributed by atoms with Gasteiger partial charge in [0.15, 0.2) is 11.5 Å². The van der Waals surface area contributed by atoms with Crippen LogP contribution in [0, 0.1) is 0 Å². The molecule has 0 aliphatic carbocycles. The van der Waals surface area contributed by atoms with E-state index >= 15 is 0 Å². The zero-order valence-electron chi connectivity index (χ0n) is 18.8. The van der Waals surface area contributed by atoms with Crippen LogP contribution in [0.5, 0.6) is 11.5 Å². The van der Waals surface area contributed by atoms with Gasteiger partial charge in [-0.05, 0) is 44.4 Å². The first-order chi connectivity index (χ1) is 14.4. The SMILES string of the molecule is CC(C)(O)c1ccc2c(c1)OCCO2.CCCCCCCCC(=O)NC1C2CCN21. The maximum absolute atomic E-state index is 11.6. The third-order valence-corrected chi connectivity index (χ3v) is 6.06. The minimum atomic E-state index is -0.837. The number of fused-ring (bicyclic) bond motifs is 2. The molecule has 4 rings (SSSR count). The summed E-state index contributed by atoms with van der Waals surface area (Å²) in [6, 6.07) is 6.22. The van der Waals surface area contributed by atoms with Crippen molar-refractivity contribution in [3.63, 3.8) is 0 Å². The maximum Gasteiger partial charge on any atom is 0.221 e. The van der Waals surface area contributed by atoms with Gasteiger partial charge >= 0.3 is 0 Å². The Morgan fingerprint density at radius 1 is 1.13 bits per heavy atom. The molecule has 30 heavy (non-hydrogen) atoms. The topological polar surface area (TPSA) is 70.8 Å². The number of rotatable bonds is 9. The van der Waals surface area contributed by atoms with Gasteiger partial charge in [-0.15, -0.1) is 0 Å². The van der Waals surface area contributed by atoms with Crippen LogP contribution >= 0.6 is 0 Å². The second kappa shape index (κ2) is 10.5. The van der Waals surface area contributed by atoms with Gasteiger partial charge in [0.25, 0.3) is 0 Å². The molecule has 1 aromatic carbocycles. The fourth-order valence-corrected chi connectivity index (χ4v) is 3.96. The molecule has 3 atom stereocenters. The number of benzene rings is 1. The first kappa shape index (κ1) is 22.9. The predicted molar refractivity (Wildman–Crippen MR) is 118 cm³/mol. The fraction of sp³-hybridized carbons (Fsp3) is 0.708. The van der Waals surface area contributed by atoms with Gasteiger partial charge in [0.2, 0.25) is 5.91 Å². The molecule has 3 unspecified atom stereocenters. The summed E-state index contributed by atoms with van der Waals surface area (Å²) < 4.78 is 10.8. The minimum Gasteiger partial charge on any atom is -0.486 e. The zero-order chi connectivity index (χ0) is 21.6. The highest BCUT2D eigenvalue weighted by atomic mass is 16.6. The van der Waals surface area contributed by atoms with Crippen LogP contribution in [-0.2, 0) is 10.4 Å². The van der Waals surface area contributed by atoms with Crippen LogP contribution in [0.15, 0.2) is 18.2 Å². The van der Waals surface area contributed by atoms with E-state index in [4.69, 9.17) is 9.47 Å². The van der Waals surface area contributed by atoms with E-state index in [2.05, 4.69) is 17.1 Å². The highest BCUT2D eigenvalue weighted by Crippen LogP contribution is 2.38. The fourth-order valence-electron chi connectivity index (χ4n) is 3.96. The molecule has 3 heterocycles. The van der Waals surface area contributed by atoms with Crippen LogP contribution in [0.2, 0.25) is 0 Å². The van der Waals surface area contributed by atoms with E-state index in [1.54, 1.807) is 13.8 Å². The number of hydrogen-bond acceptors (Lipinski definition) is 5. The van der Waals surface area contributed by atoms with E-state index in [0.29, 0.717) is 25.4 Å². The third kappa shape index (κ3) is 6.35. The molecule has 3 aliphatic heterocycles. The molecule has 3 aliphatic rings. The molecule has 1 aromatic rings. The summed E-state index contributed by atoms with van der Waals surface area (Å²) in [6.45, 7) is 8.08. The summed E-state index contributed by atoms with van der Waals surface area (Å²) in [4.78, 5) is 13.9. The number of nitrogens with zero attached hydrogens (tertiary/aromatic N) is 1. The largest absolute Gasteiger partial charge is 0.486 e. The summed E-state index contributed by atoms with van der Waals surface area (Å²) >= 11 is 0. The van der Waals surface area contributed by atoms with Crippen molar-refractivity contribution in [3.05, 3.63) is 23.8 Å². The molecule has 6 heteroatoms. The second-order valence-corrected chi connectivity index (χ2v) is 9.04. The molecule has 1 amide bonds. The number of nitrogens with one attached hydrogen (secondary N) is 1. The Morgan fingerprint density at radius 3 is 2.43 bits per heavy atom. The van der Waals surface area contributed by atoms with Crippen molar-refractivity contribution in [3.8, 4) is 11.5 Å². The lowest BCUT2D eigenvalue weighted by atomic mass is 9.98. The Bertz CT molecular complexity index is 691. The lowest BCUT2D eigenvalue weighted by Crippen LogP contribution is -2.28. The van der Waals surface area contributed by atoms with Crippen molar-refractivity contribution in [2.24, 2.45) is 0 Å². The zero-order valence-corrected chi connectivity index (χ0v) is 18.8. The monoisotopic (exact) mass is 418 g/mol. The van der Waals surface area contributed by atoms with Gasteiger partial charge in [-0.1, -0.05) is 45.1 Å². The third-order valence-electron chi connectivity index (χ3n) is 6.06. The molecule has 2 fully saturated rings. The van der Waals surface area contributed by atoms with Gasteiger partial charge in [0, 0.05) is 19.0 Å². The Balaban J connectivity index is 0.000000172. The van der Waals surface area contributed by atoms with Gasteiger partial charge < -0.3 is 19.9 Å². The molecule has 6 nitrogen and oxygen atoms in total. The molecule has 0 spiro atoms. The van der Waals surface area contributed by atoms with Gasteiger partial charge in [0.1, 0.15) is 13.2 Å². The lowest BCUT2D eigenvalue weighted by molar-refractivity contribution is -0.121. The normalized spacial score (nSPS) is 23.4. The Kier molecular flexibility index (Phi) is 8.00. The van der Waals surface area contributed by atoms with Crippen LogP contribution < -0.4 is 14.8 Å². The van der Waals surface area contributed by atoms with Crippen LogP contribution in [0.1, 0.15) is 77.7 Å². The first-order valence-electron chi connectivity index (χ1n) is 11.6. The van der Waals surface area contributed by atoms with Crippen molar-refractivity contribution in [2.45, 2.75) is 89.9 Å². The van der Waals surface area contributed by atoms with Crippen LogP contribution in [0.4, 0.5) is 0 Å². The molecule has 0 radical (unpaired) electrons. The van der Waals surface area contributed by atoms with Gasteiger partial charge in [-0.25, -0.2) is 0 Å². The number of unbranched alkanes of at least 4 members (excludes halogenated alkanes) is 5. The van der Waals surface area contributed by atoms with Gasteiger partial charge in [-0.3, -0.25) is 9.69 Å². The van der Waals surface area contributed by atoms with Gasteiger partial charge in [-0.2, -0.15) is 0 Å². The van der Waals surface area contributed by atoms with Crippen molar-refractivity contribution < 1.29 is 19.4 Å². The molecule has 0 aromatic heterocycles. The van der Waals surface area contributed by atoms with Crippen LogP contribution in [0.3, 0.4) is 0 Å². The van der Waals surface area contributed by atoms with E-state index in [-0.39, 0.29) is 5.91 Å². The van der Waals surface area contributed by atoms with E-state index in [9.17, 15) is 9.90 Å². The minimum absolute atomic E-state index is 0.259. The Hall–Kier alpha value is -1.79. The Labute approximate surface area is 180 Å². The van der Waals surface area contributed by atoms with Crippen molar-refractivity contribution in [1.82, 2.24) is 10.2 Å². The second-order valence-electron chi connectivity index (χ2n) is 9.04. The van der Waals surface area contributed by atoms with Gasteiger partial charge in [0.05, 0.1) is 11.8 Å². The maximum atomic E-state index is 11.6. The van der Waals surface area contributed by atoms with E-state index < -0.39 is 5.60 Å². The summed E-state index contributed by atoms with van der Waals surface area (Å²) in [6.07, 6.45) is 9.94. The molecule has 0 bridgehead atoms. The Morgan fingerprint density at radius 2 is 1.80 bits per heavy atom. The molecule has 2 N–H and O–H groups in total. The summed E-state index contributed by atoms with van der Waals surface area (Å²) in [5.74, 6) is 1.73. The highest BCUT2D eigenvalue weighted by Gasteiger charge is 2.54. The summed E-state index contributed by atoms with van der Waals surface area (Å²) in [7, 11) is 0. The van der Waals surface area contributed by atoms with Crippen LogP contribution in [0.25, 0.3) is 0 Å². The summed E-state index contributed by atoms with van der Waals surface area (Å²) in [5.41, 5.74) is -0.00251. The van der Waals surface area contributed by atoms with Crippen molar-refractivity contribution in [2.75, 3.05) is 19.8 Å². The molecular weight excluding hydrogens is 380 g/mol. The van der Waals surface area contributed by atoms with E-state index in [1.165, 1.54) is 45.1 Å². The molecule has 2 saturated heterocycles. The standard InChI is InChI=1S/C13H24N2O.C11H14O3/c1-2-3-4-5-6-7-8-12(16)14-13-11-9-10-15(11)13;1-11(2,12)8-3-4-9-10(7-8)14-6-5-13-9/h11,13H,2-10H2,1H3,(H,14,16);3-4,7,12H,5-6H2,1-2H3. The highest BCUT2D eigenvalue weighted by molar-refractivity contribution is 5.76. The van der Waals surface area contributed by atoms with E-state index in [0.717, 1.165) is 29.9 Å². The smallest absolute Gasteiger partial charge is 0.221 e. The van der Waals surface area contributed by atoms with Crippen molar-refractivity contribution >= 4 is 5.91 Å². The summed E-state index contributed by atoms with van der Waals surface area (Å²) in [5, 5.41) is 12.9. The number of carbonyl (C=O) groups is 1. The number of carbonyl (C=O) groups excluding carboxylic acids is 1. The molecular formula is C24H38N2O4.